The van der Waals surface area contributed by atoms with Gasteiger partial charge < -0.3 is 31.9 Å². The number of carboxylic acid groups (broad SMARTS) is 1. The molecule has 0 spiro atoms. The SMILES string of the molecule is NCc1ccc(S(=O)(=O)N2CCCCC2)cc1.Nc1cc2[nH]c(C(=O)O)cc2cn1.O=C(NCc1ccc(S(=O)(=O)Nc2ccc3cn[nH]c3c2)cc1)c1cc2cnccc2[nH]1. The van der Waals surface area contributed by atoms with Gasteiger partial charge in [-0.15, -0.1) is 0 Å². The number of carbonyl (C=O) groups excluding carboxylic acids is 1. The van der Waals surface area contributed by atoms with E-state index in [-0.39, 0.29) is 23.0 Å². The lowest BCUT2D eigenvalue weighted by molar-refractivity contribution is 0.0691. The molecule has 1 saturated heterocycles. The van der Waals surface area contributed by atoms with E-state index in [0.717, 1.165) is 57.6 Å². The lowest BCUT2D eigenvalue weighted by Gasteiger charge is -2.25. The van der Waals surface area contributed by atoms with Gasteiger partial charge in [0.1, 0.15) is 17.2 Å². The molecule has 0 bridgehead atoms. The van der Waals surface area contributed by atoms with Crippen LogP contribution in [0.2, 0.25) is 0 Å². The number of hydrogen-bond acceptors (Lipinski definition) is 11. The fourth-order valence-electron chi connectivity index (χ4n) is 6.58. The van der Waals surface area contributed by atoms with Crippen LogP contribution in [0, 0.1) is 0 Å². The Morgan fingerprint density at radius 3 is 2.11 bits per heavy atom. The maximum absolute atomic E-state index is 12.7. The standard InChI is InChI=1S/C22H18N6O3S.C12H18N2O2S.C8H7N3O2/c29-22(21-9-16-12-23-8-7-19(16)26-21)24-11-14-1-5-18(6-2-14)32(30,31)28-17-4-3-15-13-25-27-20(15)10-17;13-10-11-4-6-12(7-5-11)17(15,16)14-8-2-1-3-9-14;9-7-2-5-4(3-10-7)1-6(11-5)8(12)13/h1-10,12-13,26,28H,11H2,(H,24,29)(H,25,27);4-7H,1-3,8-10,13H2;1-3,11H,(H2,9,10)(H,12,13). The number of fused-ring (bicyclic) bond motifs is 3. The van der Waals surface area contributed by atoms with E-state index in [0.29, 0.717) is 47.2 Å². The lowest BCUT2D eigenvalue weighted by Crippen LogP contribution is -2.35. The minimum atomic E-state index is -3.75. The van der Waals surface area contributed by atoms with E-state index in [1.54, 1.807) is 95.7 Å². The van der Waals surface area contributed by atoms with E-state index < -0.39 is 26.0 Å². The van der Waals surface area contributed by atoms with Gasteiger partial charge in [-0.1, -0.05) is 30.7 Å². The Balaban J connectivity index is 0.000000160. The first-order valence-corrected chi connectivity index (χ1v) is 22.2. The minimum absolute atomic E-state index is 0.125. The number of aromatic nitrogens is 6. The van der Waals surface area contributed by atoms with Crippen LogP contribution in [-0.4, -0.2) is 81.3 Å². The summed E-state index contributed by atoms with van der Waals surface area (Å²) in [5, 5.41) is 20.7. The molecule has 1 aliphatic heterocycles. The fraction of sp³-hybridized carbons (Fsp3) is 0.167. The van der Waals surface area contributed by atoms with Gasteiger partial charge in [0.05, 0.1) is 32.7 Å². The number of rotatable bonds is 10. The molecule has 320 valence electrons. The molecule has 1 fully saturated rings. The number of aromatic amines is 3. The number of pyridine rings is 2. The van der Waals surface area contributed by atoms with Crippen LogP contribution >= 0.6 is 0 Å². The van der Waals surface area contributed by atoms with Crippen molar-refractivity contribution in [3.05, 3.63) is 138 Å². The van der Waals surface area contributed by atoms with Crippen molar-refractivity contribution < 1.29 is 31.5 Å². The summed E-state index contributed by atoms with van der Waals surface area (Å²) in [7, 11) is -7.05. The molecule has 0 radical (unpaired) electrons. The van der Waals surface area contributed by atoms with Crippen LogP contribution < -0.4 is 21.5 Å². The van der Waals surface area contributed by atoms with E-state index in [9.17, 15) is 26.4 Å². The molecule has 3 aromatic carbocycles. The summed E-state index contributed by atoms with van der Waals surface area (Å²) >= 11 is 0. The zero-order valence-corrected chi connectivity index (χ0v) is 34.7. The van der Waals surface area contributed by atoms with E-state index in [1.165, 1.54) is 24.4 Å². The van der Waals surface area contributed by atoms with E-state index in [1.807, 2.05) is 0 Å². The molecule has 6 heterocycles. The second kappa shape index (κ2) is 18.6. The van der Waals surface area contributed by atoms with Crippen LogP contribution in [-0.2, 0) is 33.1 Å². The highest BCUT2D eigenvalue weighted by molar-refractivity contribution is 7.92. The van der Waals surface area contributed by atoms with Gasteiger partial charge in [-0.05, 0) is 84.6 Å². The number of carboxylic acids is 1. The predicted octanol–water partition coefficient (Wildman–Crippen LogP) is 5.33. The maximum Gasteiger partial charge on any atom is 0.352 e. The smallest absolute Gasteiger partial charge is 0.352 e. The quantitative estimate of drug-likeness (QED) is 0.0865. The number of amides is 1. The average Bonchev–Trinajstić information content (AvgIpc) is 4.05. The number of benzene rings is 3. The number of sulfonamides is 2. The van der Waals surface area contributed by atoms with Crippen molar-refractivity contribution in [3.8, 4) is 0 Å². The summed E-state index contributed by atoms with van der Waals surface area (Å²) in [6.07, 6.45) is 9.58. The van der Waals surface area contributed by atoms with Crippen LogP contribution in [0.3, 0.4) is 0 Å². The van der Waals surface area contributed by atoms with Gasteiger partial charge in [-0.3, -0.25) is 19.6 Å². The summed E-state index contributed by atoms with van der Waals surface area (Å²) in [6.45, 7) is 1.97. The van der Waals surface area contributed by atoms with Gasteiger partial charge in [-0.2, -0.15) is 9.40 Å². The Morgan fingerprint density at radius 2 is 1.40 bits per heavy atom. The third-order valence-corrected chi connectivity index (χ3v) is 13.2. The highest BCUT2D eigenvalue weighted by Crippen LogP contribution is 2.23. The Labute approximate surface area is 355 Å². The number of hydrogen-bond donors (Lipinski definition) is 8. The molecule has 8 aromatic rings. The van der Waals surface area contributed by atoms with Crippen molar-refractivity contribution in [2.24, 2.45) is 5.73 Å². The van der Waals surface area contributed by atoms with Crippen LogP contribution in [0.5, 0.6) is 0 Å². The molecule has 9 rings (SSSR count). The number of piperidine rings is 1. The van der Waals surface area contributed by atoms with Gasteiger partial charge in [0, 0.05) is 72.5 Å². The molecular formula is C42H43N11O7S2. The van der Waals surface area contributed by atoms with Gasteiger partial charge in [-0.25, -0.2) is 26.6 Å². The Bertz CT molecular complexity index is 3040. The van der Waals surface area contributed by atoms with Crippen LogP contribution in [0.15, 0.2) is 126 Å². The number of carbonyl (C=O) groups is 2. The molecule has 62 heavy (non-hydrogen) atoms. The monoisotopic (exact) mass is 877 g/mol. The van der Waals surface area contributed by atoms with E-state index >= 15 is 0 Å². The molecule has 0 unspecified atom stereocenters. The van der Waals surface area contributed by atoms with Crippen molar-refractivity contribution >= 4 is 76.1 Å². The summed E-state index contributed by atoms with van der Waals surface area (Å²) in [4.78, 5) is 37.1. The second-order valence-corrected chi connectivity index (χ2v) is 17.9. The molecule has 1 aliphatic rings. The van der Waals surface area contributed by atoms with Gasteiger partial charge in [0.2, 0.25) is 10.0 Å². The number of H-pyrrole nitrogens is 3. The van der Waals surface area contributed by atoms with Crippen LogP contribution in [0.1, 0.15) is 51.4 Å². The zero-order valence-electron chi connectivity index (χ0n) is 33.1. The molecule has 0 atom stereocenters. The van der Waals surface area contributed by atoms with Gasteiger partial charge in [0.15, 0.2) is 0 Å². The first-order valence-electron chi connectivity index (χ1n) is 19.3. The molecule has 10 N–H and O–H groups in total. The van der Waals surface area contributed by atoms with Crippen molar-refractivity contribution in [1.29, 1.82) is 0 Å². The largest absolute Gasteiger partial charge is 0.477 e. The topological polar surface area (TPSA) is 288 Å². The van der Waals surface area contributed by atoms with Gasteiger partial charge >= 0.3 is 5.97 Å². The third kappa shape index (κ3) is 10.2. The third-order valence-electron chi connectivity index (χ3n) is 9.91. The highest BCUT2D eigenvalue weighted by Gasteiger charge is 2.25. The number of anilines is 2. The number of nitrogens with zero attached hydrogens (tertiary/aromatic N) is 4. The highest BCUT2D eigenvalue weighted by atomic mass is 32.2. The van der Waals surface area contributed by atoms with Gasteiger partial charge in [0.25, 0.3) is 15.9 Å². The second-order valence-electron chi connectivity index (χ2n) is 14.2. The molecule has 0 aliphatic carbocycles. The lowest BCUT2D eigenvalue weighted by atomic mass is 10.2. The van der Waals surface area contributed by atoms with Crippen molar-refractivity contribution in [2.75, 3.05) is 23.5 Å². The van der Waals surface area contributed by atoms with E-state index in [4.69, 9.17) is 16.6 Å². The first kappa shape index (κ1) is 43.0. The first-order chi connectivity index (χ1) is 29.8. The molecule has 1 amide bonds. The summed E-state index contributed by atoms with van der Waals surface area (Å²) in [5.74, 6) is -0.880. The zero-order chi connectivity index (χ0) is 43.9. The van der Waals surface area contributed by atoms with Crippen molar-refractivity contribution in [2.45, 2.75) is 42.1 Å². The number of nitrogens with one attached hydrogen (secondary N) is 5. The number of nitrogens with two attached hydrogens (primary N) is 2. The number of nitrogen functional groups attached to an aromatic ring is 1. The number of aromatic carboxylic acids is 1. The predicted molar refractivity (Wildman–Crippen MR) is 235 cm³/mol. The summed E-state index contributed by atoms with van der Waals surface area (Å²) in [5.41, 5.74) is 15.9. The Hall–Kier alpha value is -7.13. The van der Waals surface area contributed by atoms with E-state index in [2.05, 4.69) is 40.2 Å². The average molecular weight is 878 g/mol. The van der Waals surface area contributed by atoms with Crippen molar-refractivity contribution in [1.82, 2.24) is 39.8 Å². The fourth-order valence-corrected chi connectivity index (χ4v) is 9.15. The molecule has 5 aromatic heterocycles. The summed E-state index contributed by atoms with van der Waals surface area (Å²) < 4.78 is 54.1. The minimum Gasteiger partial charge on any atom is -0.477 e. The Morgan fingerprint density at radius 1 is 0.726 bits per heavy atom. The van der Waals surface area contributed by atoms with Crippen LogP contribution in [0.4, 0.5) is 11.5 Å². The maximum atomic E-state index is 12.7. The normalized spacial score (nSPS) is 13.2. The summed E-state index contributed by atoms with van der Waals surface area (Å²) in [6, 6.07) is 25.0. The molecular weight excluding hydrogens is 835 g/mol. The molecule has 0 saturated carbocycles. The van der Waals surface area contributed by atoms with Crippen LogP contribution in [0.25, 0.3) is 32.7 Å². The Kier molecular flexibility index (Phi) is 12.9. The van der Waals surface area contributed by atoms with Crippen molar-refractivity contribution in [3.63, 3.8) is 0 Å². The molecule has 18 nitrogen and oxygen atoms in total. The molecule has 20 heteroatoms.